The molecule has 0 aromatic carbocycles. The van der Waals surface area contributed by atoms with Gasteiger partial charge in [0.1, 0.15) is 12.1 Å². The summed E-state index contributed by atoms with van der Waals surface area (Å²) in [5, 5.41) is 19.4. The standard InChI is InChI=1S/C13H20N4O3/c1-13(20,9-4-3-5-9)12(19)16-10-6-15-17(7-10)8-11(18)14-2/h6-7,9,20H,3-5,8H2,1-2H3,(H,14,18)(H,16,19). The molecule has 20 heavy (non-hydrogen) atoms. The van der Waals surface area contributed by atoms with Gasteiger partial charge in [0.15, 0.2) is 0 Å². The fourth-order valence-electron chi connectivity index (χ4n) is 2.15. The summed E-state index contributed by atoms with van der Waals surface area (Å²) in [7, 11) is 1.55. The van der Waals surface area contributed by atoms with Crippen LogP contribution >= 0.6 is 0 Å². The van der Waals surface area contributed by atoms with Gasteiger partial charge in [-0.05, 0) is 25.7 Å². The molecule has 7 heteroatoms. The number of rotatable bonds is 5. The zero-order chi connectivity index (χ0) is 14.8. The van der Waals surface area contributed by atoms with Crippen LogP contribution in [-0.2, 0) is 16.1 Å². The number of likely N-dealkylation sites (N-methyl/N-ethyl adjacent to an activating group) is 1. The van der Waals surface area contributed by atoms with Crippen LogP contribution in [0.1, 0.15) is 26.2 Å². The molecule has 1 aromatic heterocycles. The molecular formula is C13H20N4O3. The van der Waals surface area contributed by atoms with Crippen molar-refractivity contribution >= 4 is 17.5 Å². The number of carbonyl (C=O) groups is 2. The average molecular weight is 280 g/mol. The van der Waals surface area contributed by atoms with Gasteiger partial charge in [0.05, 0.1) is 11.9 Å². The second kappa shape index (κ2) is 5.62. The minimum absolute atomic E-state index is 0.0171. The molecule has 2 rings (SSSR count). The summed E-state index contributed by atoms with van der Waals surface area (Å²) in [5.74, 6) is -0.586. The van der Waals surface area contributed by atoms with Crippen molar-refractivity contribution in [2.75, 3.05) is 12.4 Å². The van der Waals surface area contributed by atoms with E-state index < -0.39 is 11.5 Å². The first-order valence-electron chi connectivity index (χ1n) is 6.70. The van der Waals surface area contributed by atoms with Crippen molar-refractivity contribution in [1.82, 2.24) is 15.1 Å². The van der Waals surface area contributed by atoms with Gasteiger partial charge in [0, 0.05) is 13.2 Å². The zero-order valence-corrected chi connectivity index (χ0v) is 11.7. The lowest BCUT2D eigenvalue weighted by Crippen LogP contribution is -2.49. The van der Waals surface area contributed by atoms with E-state index in [4.69, 9.17) is 0 Å². The molecule has 1 heterocycles. The quantitative estimate of drug-likeness (QED) is 0.713. The van der Waals surface area contributed by atoms with Gasteiger partial charge < -0.3 is 15.7 Å². The van der Waals surface area contributed by atoms with Crippen molar-refractivity contribution in [2.24, 2.45) is 5.92 Å². The van der Waals surface area contributed by atoms with Gasteiger partial charge in [-0.15, -0.1) is 0 Å². The monoisotopic (exact) mass is 280 g/mol. The van der Waals surface area contributed by atoms with Gasteiger partial charge in [0.25, 0.3) is 5.91 Å². The molecule has 1 aromatic rings. The van der Waals surface area contributed by atoms with Crippen molar-refractivity contribution in [3.8, 4) is 0 Å². The summed E-state index contributed by atoms with van der Waals surface area (Å²) in [6.45, 7) is 1.63. The van der Waals surface area contributed by atoms with E-state index in [0.717, 1.165) is 19.3 Å². The van der Waals surface area contributed by atoms with Crippen LogP contribution in [0.5, 0.6) is 0 Å². The molecule has 2 amide bonds. The van der Waals surface area contributed by atoms with Crippen LogP contribution < -0.4 is 10.6 Å². The number of carbonyl (C=O) groups excluding carboxylic acids is 2. The van der Waals surface area contributed by atoms with Crippen molar-refractivity contribution in [1.29, 1.82) is 0 Å². The van der Waals surface area contributed by atoms with Crippen molar-refractivity contribution < 1.29 is 14.7 Å². The van der Waals surface area contributed by atoms with Crippen LogP contribution in [0.4, 0.5) is 5.69 Å². The first kappa shape index (κ1) is 14.5. The molecule has 1 fully saturated rings. The Kier molecular flexibility index (Phi) is 4.08. The summed E-state index contributed by atoms with van der Waals surface area (Å²) in [6, 6.07) is 0. The third-order valence-electron chi connectivity index (χ3n) is 3.84. The highest BCUT2D eigenvalue weighted by atomic mass is 16.3. The predicted molar refractivity (Wildman–Crippen MR) is 72.9 cm³/mol. The van der Waals surface area contributed by atoms with Gasteiger partial charge in [0.2, 0.25) is 5.91 Å². The molecule has 0 saturated heterocycles. The largest absolute Gasteiger partial charge is 0.380 e. The molecule has 110 valence electrons. The highest BCUT2D eigenvalue weighted by molar-refractivity contribution is 5.97. The molecule has 1 atom stereocenters. The Morgan fingerprint density at radius 3 is 2.80 bits per heavy atom. The Balaban J connectivity index is 1.96. The van der Waals surface area contributed by atoms with E-state index in [9.17, 15) is 14.7 Å². The van der Waals surface area contributed by atoms with E-state index in [2.05, 4.69) is 15.7 Å². The highest BCUT2D eigenvalue weighted by Crippen LogP contribution is 2.36. The third-order valence-corrected chi connectivity index (χ3v) is 3.84. The lowest BCUT2D eigenvalue weighted by atomic mass is 9.73. The van der Waals surface area contributed by atoms with Crippen LogP contribution in [-0.4, -0.2) is 39.4 Å². The Morgan fingerprint density at radius 1 is 1.55 bits per heavy atom. The van der Waals surface area contributed by atoms with Crippen molar-refractivity contribution in [2.45, 2.75) is 38.3 Å². The number of anilines is 1. The van der Waals surface area contributed by atoms with Gasteiger partial charge in [-0.3, -0.25) is 14.3 Å². The number of nitrogens with one attached hydrogen (secondary N) is 2. The number of aromatic nitrogens is 2. The summed E-state index contributed by atoms with van der Waals surface area (Å²) in [4.78, 5) is 23.3. The topological polar surface area (TPSA) is 96.2 Å². The normalized spacial score (nSPS) is 17.9. The number of hydrogen-bond donors (Lipinski definition) is 3. The van der Waals surface area contributed by atoms with Gasteiger partial charge >= 0.3 is 0 Å². The van der Waals surface area contributed by atoms with Crippen LogP contribution in [0, 0.1) is 5.92 Å². The second-order valence-corrected chi connectivity index (χ2v) is 5.33. The summed E-state index contributed by atoms with van der Waals surface area (Å²) < 4.78 is 1.42. The molecule has 3 N–H and O–H groups in total. The van der Waals surface area contributed by atoms with Crippen LogP contribution in [0.2, 0.25) is 0 Å². The van der Waals surface area contributed by atoms with Gasteiger partial charge in [-0.25, -0.2) is 0 Å². The van der Waals surface area contributed by atoms with Crippen LogP contribution in [0.3, 0.4) is 0 Å². The van der Waals surface area contributed by atoms with E-state index in [0.29, 0.717) is 5.69 Å². The predicted octanol–water partition coefficient (Wildman–Crippen LogP) is 0.119. The molecular weight excluding hydrogens is 260 g/mol. The minimum Gasteiger partial charge on any atom is -0.380 e. The molecule has 1 saturated carbocycles. The fraction of sp³-hybridized carbons (Fsp3) is 0.615. The molecule has 0 bridgehead atoms. The highest BCUT2D eigenvalue weighted by Gasteiger charge is 2.42. The maximum Gasteiger partial charge on any atom is 0.256 e. The summed E-state index contributed by atoms with van der Waals surface area (Å²) >= 11 is 0. The maximum absolute atomic E-state index is 12.1. The molecule has 1 unspecified atom stereocenters. The van der Waals surface area contributed by atoms with Gasteiger partial charge in [-0.2, -0.15) is 5.10 Å². The Hall–Kier alpha value is -1.89. The lowest BCUT2D eigenvalue weighted by molar-refractivity contribution is -0.141. The molecule has 1 aliphatic rings. The molecule has 0 spiro atoms. The lowest BCUT2D eigenvalue weighted by Gasteiger charge is -2.37. The van der Waals surface area contributed by atoms with E-state index >= 15 is 0 Å². The summed E-state index contributed by atoms with van der Waals surface area (Å²) in [6.07, 6.45) is 5.81. The minimum atomic E-state index is -1.36. The van der Waals surface area contributed by atoms with E-state index in [1.807, 2.05) is 0 Å². The summed E-state index contributed by atoms with van der Waals surface area (Å²) in [5.41, 5.74) is -0.889. The number of amides is 2. The van der Waals surface area contributed by atoms with E-state index in [1.165, 1.54) is 10.9 Å². The number of hydrogen-bond acceptors (Lipinski definition) is 4. The average Bonchev–Trinajstić information content (AvgIpc) is 2.73. The smallest absolute Gasteiger partial charge is 0.256 e. The molecule has 7 nitrogen and oxygen atoms in total. The van der Waals surface area contributed by atoms with Crippen molar-refractivity contribution in [3.05, 3.63) is 12.4 Å². The van der Waals surface area contributed by atoms with E-state index in [1.54, 1.807) is 20.2 Å². The van der Waals surface area contributed by atoms with Crippen LogP contribution in [0.15, 0.2) is 12.4 Å². The molecule has 0 radical (unpaired) electrons. The third kappa shape index (κ3) is 2.98. The zero-order valence-electron chi connectivity index (χ0n) is 11.7. The fourth-order valence-corrected chi connectivity index (χ4v) is 2.15. The molecule has 1 aliphatic carbocycles. The molecule has 0 aliphatic heterocycles. The number of aliphatic hydroxyl groups is 1. The Morgan fingerprint density at radius 2 is 2.25 bits per heavy atom. The first-order valence-corrected chi connectivity index (χ1v) is 6.70. The van der Waals surface area contributed by atoms with Crippen molar-refractivity contribution in [3.63, 3.8) is 0 Å². The van der Waals surface area contributed by atoms with E-state index in [-0.39, 0.29) is 18.4 Å². The Labute approximate surface area is 117 Å². The first-order chi connectivity index (χ1) is 9.43. The number of nitrogens with zero attached hydrogens (tertiary/aromatic N) is 2. The van der Waals surface area contributed by atoms with Gasteiger partial charge in [-0.1, -0.05) is 6.42 Å². The van der Waals surface area contributed by atoms with Crippen LogP contribution in [0.25, 0.3) is 0 Å². The second-order valence-electron chi connectivity index (χ2n) is 5.33. The SMILES string of the molecule is CNC(=O)Cn1cc(NC(=O)C(C)(O)C2CCC2)cn1. The maximum atomic E-state index is 12.1. The Bertz CT molecular complexity index is 505.